The van der Waals surface area contributed by atoms with Gasteiger partial charge in [-0.1, -0.05) is 37.6 Å². The molecule has 1 N–H and O–H groups in total. The van der Waals surface area contributed by atoms with E-state index >= 15 is 0 Å². The highest BCUT2D eigenvalue weighted by Crippen LogP contribution is 2.24. The second-order valence-corrected chi connectivity index (χ2v) is 7.36. The van der Waals surface area contributed by atoms with E-state index in [0.29, 0.717) is 10.9 Å². The zero-order valence-corrected chi connectivity index (χ0v) is 15.0. The number of hydrogen-bond acceptors (Lipinski definition) is 3. The van der Waals surface area contributed by atoms with Crippen molar-refractivity contribution < 1.29 is 4.79 Å². The number of nitrogens with zero attached hydrogens (tertiary/aromatic N) is 2. The molecule has 0 saturated carbocycles. The minimum Gasteiger partial charge on any atom is -0.297 e. The number of likely N-dealkylation sites (tertiary alicyclic amines) is 1. The lowest BCUT2D eigenvalue weighted by Gasteiger charge is -2.31. The van der Waals surface area contributed by atoms with Crippen LogP contribution >= 0.6 is 11.6 Å². The number of H-pyrrole nitrogens is 1. The first-order valence-electron chi connectivity index (χ1n) is 8.59. The van der Waals surface area contributed by atoms with E-state index < -0.39 is 0 Å². The van der Waals surface area contributed by atoms with Gasteiger partial charge in [0.15, 0.2) is 5.78 Å². The van der Waals surface area contributed by atoms with Gasteiger partial charge in [-0.2, -0.15) is 5.10 Å². The molecule has 0 spiro atoms. The van der Waals surface area contributed by atoms with E-state index in [-0.39, 0.29) is 11.7 Å². The fourth-order valence-electron chi connectivity index (χ4n) is 3.29. The van der Waals surface area contributed by atoms with Gasteiger partial charge in [0, 0.05) is 35.3 Å². The number of carbonyl (C=O) groups is 1. The fourth-order valence-corrected chi connectivity index (χ4v) is 3.48. The molecular weight excluding hydrogens is 322 g/mol. The number of Topliss-reactive ketones (excluding diaryl/α,β-unsaturated/α-hetero) is 1. The molecular formula is C19H24ClN3O. The first-order valence-corrected chi connectivity index (χ1v) is 8.97. The normalized spacial score (nSPS) is 18.9. The van der Waals surface area contributed by atoms with Gasteiger partial charge in [0.2, 0.25) is 0 Å². The summed E-state index contributed by atoms with van der Waals surface area (Å²) in [7, 11) is 0. The van der Waals surface area contributed by atoms with E-state index in [9.17, 15) is 4.79 Å². The van der Waals surface area contributed by atoms with E-state index in [2.05, 4.69) is 35.0 Å². The Morgan fingerprint density at radius 2 is 2.25 bits per heavy atom. The predicted molar refractivity (Wildman–Crippen MR) is 96.5 cm³/mol. The molecule has 1 aromatic carbocycles. The van der Waals surface area contributed by atoms with Gasteiger partial charge in [0.05, 0.1) is 5.69 Å². The lowest BCUT2D eigenvalue weighted by Crippen LogP contribution is -2.38. The lowest BCUT2D eigenvalue weighted by molar-refractivity contribution is 0.0810. The van der Waals surface area contributed by atoms with Gasteiger partial charge in [0.25, 0.3) is 0 Å². The summed E-state index contributed by atoms with van der Waals surface area (Å²) < 4.78 is 0. The lowest BCUT2D eigenvalue weighted by atomic mass is 9.90. The average Bonchev–Trinajstić information content (AvgIpc) is 3.03. The van der Waals surface area contributed by atoms with Crippen LogP contribution in [0.5, 0.6) is 0 Å². The maximum absolute atomic E-state index is 12.7. The van der Waals surface area contributed by atoms with Crippen LogP contribution in [0.25, 0.3) is 0 Å². The molecule has 0 unspecified atom stereocenters. The van der Waals surface area contributed by atoms with E-state index in [1.54, 1.807) is 12.1 Å². The topological polar surface area (TPSA) is 49.0 Å². The Balaban J connectivity index is 1.64. The Kier molecular flexibility index (Phi) is 5.36. The van der Waals surface area contributed by atoms with Crippen molar-refractivity contribution in [3.63, 3.8) is 0 Å². The number of rotatable bonds is 5. The van der Waals surface area contributed by atoms with Crippen molar-refractivity contribution in [3.05, 3.63) is 52.3 Å². The maximum Gasteiger partial charge on any atom is 0.167 e. The smallest absolute Gasteiger partial charge is 0.167 e. The summed E-state index contributed by atoms with van der Waals surface area (Å²) in [6, 6.07) is 9.40. The van der Waals surface area contributed by atoms with Gasteiger partial charge in [-0.15, -0.1) is 0 Å². The molecule has 1 fully saturated rings. The quantitative estimate of drug-likeness (QED) is 0.823. The van der Waals surface area contributed by atoms with Gasteiger partial charge >= 0.3 is 0 Å². The second-order valence-electron chi connectivity index (χ2n) is 6.92. The molecule has 1 saturated heterocycles. The summed E-state index contributed by atoms with van der Waals surface area (Å²) in [5.41, 5.74) is 2.93. The summed E-state index contributed by atoms with van der Waals surface area (Å²) >= 11 is 6.02. The van der Waals surface area contributed by atoms with Gasteiger partial charge in [-0.25, -0.2) is 0 Å². The molecule has 2 heterocycles. The number of hydrogen-bond donors (Lipinski definition) is 1. The number of aromatic amines is 1. The standard InChI is InChI=1S/C19H24ClN3O/c1-13(2)18-10-17(21-22-18)12-23-8-4-6-15(11-23)19(24)14-5-3-7-16(20)9-14/h3,5,7,9-10,13,15H,4,6,8,11-12H2,1-2H3,(H,21,22)/t15-/m0/s1. The van der Waals surface area contributed by atoms with Crippen molar-refractivity contribution >= 4 is 17.4 Å². The number of nitrogens with one attached hydrogen (secondary N) is 1. The second kappa shape index (κ2) is 7.49. The Hall–Kier alpha value is -1.65. The molecule has 0 radical (unpaired) electrons. The third-order valence-electron chi connectivity index (χ3n) is 4.62. The number of aromatic nitrogens is 2. The molecule has 3 rings (SSSR count). The van der Waals surface area contributed by atoms with Crippen LogP contribution < -0.4 is 0 Å². The number of halogens is 1. The maximum atomic E-state index is 12.7. The van der Waals surface area contributed by atoms with Gasteiger partial charge in [-0.05, 0) is 43.5 Å². The molecule has 1 aliphatic rings. The molecule has 5 heteroatoms. The van der Waals surface area contributed by atoms with E-state index in [4.69, 9.17) is 11.6 Å². The van der Waals surface area contributed by atoms with Crippen LogP contribution in [-0.2, 0) is 6.54 Å². The molecule has 0 aliphatic carbocycles. The first kappa shape index (κ1) is 17.2. The van der Waals surface area contributed by atoms with Crippen molar-refractivity contribution in [1.82, 2.24) is 15.1 Å². The van der Waals surface area contributed by atoms with Gasteiger partial charge < -0.3 is 0 Å². The molecule has 1 atom stereocenters. The Morgan fingerprint density at radius 1 is 1.42 bits per heavy atom. The Bertz CT molecular complexity index is 710. The van der Waals surface area contributed by atoms with E-state index in [1.807, 2.05) is 12.1 Å². The molecule has 24 heavy (non-hydrogen) atoms. The number of ketones is 1. The van der Waals surface area contributed by atoms with Gasteiger partial charge in [-0.3, -0.25) is 14.8 Å². The first-order chi connectivity index (χ1) is 11.5. The zero-order valence-electron chi connectivity index (χ0n) is 14.3. The average molecular weight is 346 g/mol. The van der Waals surface area contributed by atoms with E-state index in [1.165, 1.54) is 0 Å². The molecule has 128 valence electrons. The van der Waals surface area contributed by atoms with Crippen molar-refractivity contribution in [2.75, 3.05) is 13.1 Å². The summed E-state index contributed by atoms with van der Waals surface area (Å²) in [5.74, 6) is 0.674. The Labute approximate surface area is 148 Å². The highest BCUT2D eigenvalue weighted by Gasteiger charge is 2.27. The number of benzene rings is 1. The SMILES string of the molecule is CC(C)c1cc(CN2CCC[C@H](C(=O)c3cccc(Cl)c3)C2)[nH]n1. The fraction of sp³-hybridized carbons (Fsp3) is 0.474. The predicted octanol–water partition coefficient (Wildman–Crippen LogP) is 4.28. The van der Waals surface area contributed by atoms with Gasteiger partial charge in [0.1, 0.15) is 0 Å². The molecule has 2 aromatic rings. The zero-order chi connectivity index (χ0) is 17.1. The molecule has 0 bridgehead atoms. The highest BCUT2D eigenvalue weighted by molar-refractivity contribution is 6.31. The summed E-state index contributed by atoms with van der Waals surface area (Å²) in [5, 5.41) is 8.10. The number of carbonyl (C=O) groups excluding carboxylic acids is 1. The van der Waals surface area contributed by atoms with Crippen LogP contribution in [0.15, 0.2) is 30.3 Å². The molecule has 0 amide bonds. The summed E-state index contributed by atoms with van der Waals surface area (Å²) in [4.78, 5) is 15.1. The third-order valence-corrected chi connectivity index (χ3v) is 4.86. The van der Waals surface area contributed by atoms with Crippen LogP contribution in [0.2, 0.25) is 5.02 Å². The van der Waals surface area contributed by atoms with Crippen LogP contribution in [0.4, 0.5) is 0 Å². The molecule has 4 nitrogen and oxygen atoms in total. The molecule has 1 aromatic heterocycles. The van der Waals surface area contributed by atoms with Crippen molar-refractivity contribution in [2.24, 2.45) is 5.92 Å². The van der Waals surface area contributed by atoms with Crippen LogP contribution in [-0.4, -0.2) is 34.0 Å². The largest absolute Gasteiger partial charge is 0.297 e. The summed E-state index contributed by atoms with van der Waals surface area (Å²) in [6.45, 7) is 6.91. The summed E-state index contributed by atoms with van der Waals surface area (Å²) in [6.07, 6.45) is 1.99. The van der Waals surface area contributed by atoms with E-state index in [0.717, 1.165) is 49.4 Å². The van der Waals surface area contributed by atoms with Crippen LogP contribution in [0.3, 0.4) is 0 Å². The third kappa shape index (κ3) is 4.05. The van der Waals surface area contributed by atoms with Crippen molar-refractivity contribution in [1.29, 1.82) is 0 Å². The number of piperidine rings is 1. The molecule has 1 aliphatic heterocycles. The minimum atomic E-state index is 0.0460. The van der Waals surface area contributed by atoms with Crippen LogP contribution in [0, 0.1) is 5.92 Å². The monoisotopic (exact) mass is 345 g/mol. The highest BCUT2D eigenvalue weighted by atomic mass is 35.5. The minimum absolute atomic E-state index is 0.0460. The van der Waals surface area contributed by atoms with Crippen molar-refractivity contribution in [2.45, 2.75) is 39.2 Å². The van der Waals surface area contributed by atoms with Crippen molar-refractivity contribution in [3.8, 4) is 0 Å². The van der Waals surface area contributed by atoms with Crippen LogP contribution in [0.1, 0.15) is 54.4 Å². The Morgan fingerprint density at radius 3 is 2.96 bits per heavy atom.